The number of nitrogen functional groups attached to an aromatic ring is 1. The van der Waals surface area contributed by atoms with Crippen molar-refractivity contribution in [1.82, 2.24) is 9.97 Å². The van der Waals surface area contributed by atoms with Gasteiger partial charge in [0, 0.05) is 42.1 Å². The molecular formula is C26H29ClN4O4S. The predicted molar refractivity (Wildman–Crippen MR) is 140 cm³/mol. The largest absolute Gasteiger partial charge is 0.399 e. The van der Waals surface area contributed by atoms with Crippen LogP contribution >= 0.6 is 11.6 Å². The van der Waals surface area contributed by atoms with Crippen molar-refractivity contribution < 1.29 is 17.9 Å². The molecule has 0 aliphatic carbocycles. The lowest BCUT2D eigenvalue weighted by Crippen LogP contribution is -2.45. The first-order chi connectivity index (χ1) is 17.3. The molecule has 36 heavy (non-hydrogen) atoms. The Kier molecular flexibility index (Phi) is 6.91. The Balaban J connectivity index is 1.71. The first-order valence-corrected chi connectivity index (χ1v) is 13.8. The molecule has 3 aromatic rings. The van der Waals surface area contributed by atoms with Crippen LogP contribution in [0.5, 0.6) is 0 Å². The molecule has 2 aliphatic rings. The second kappa shape index (κ2) is 9.97. The third kappa shape index (κ3) is 4.56. The van der Waals surface area contributed by atoms with Crippen LogP contribution in [-0.2, 0) is 24.1 Å². The Morgan fingerprint density at radius 3 is 2.36 bits per heavy atom. The predicted octanol–water partition coefficient (Wildman–Crippen LogP) is 4.08. The highest BCUT2D eigenvalue weighted by molar-refractivity contribution is 7.92. The van der Waals surface area contributed by atoms with Gasteiger partial charge in [0.05, 0.1) is 29.8 Å². The highest BCUT2D eigenvalue weighted by Gasteiger charge is 2.49. The van der Waals surface area contributed by atoms with Gasteiger partial charge in [-0.15, -0.1) is 0 Å². The van der Waals surface area contributed by atoms with Crippen molar-refractivity contribution in [3.63, 3.8) is 0 Å². The second-order valence-electron chi connectivity index (χ2n) is 9.24. The second-order valence-corrected chi connectivity index (χ2v) is 11.9. The fraction of sp³-hybridized carbons (Fsp3) is 0.385. The van der Waals surface area contributed by atoms with Gasteiger partial charge >= 0.3 is 0 Å². The van der Waals surface area contributed by atoms with Gasteiger partial charge < -0.3 is 20.1 Å². The van der Waals surface area contributed by atoms with Gasteiger partial charge in [-0.1, -0.05) is 11.6 Å². The minimum atomic E-state index is -3.85. The summed E-state index contributed by atoms with van der Waals surface area (Å²) in [4.78, 5) is 12.1. The summed E-state index contributed by atoms with van der Waals surface area (Å²) in [5, 5.41) is 0.478. The van der Waals surface area contributed by atoms with Crippen molar-refractivity contribution in [2.45, 2.75) is 35.4 Å². The Bertz CT molecular complexity index is 1330. The van der Waals surface area contributed by atoms with E-state index in [1.165, 1.54) is 0 Å². The molecule has 0 unspecified atom stereocenters. The Hall–Kier alpha value is -2.72. The van der Waals surface area contributed by atoms with Crippen LogP contribution in [0, 0.1) is 0 Å². The summed E-state index contributed by atoms with van der Waals surface area (Å²) in [5.41, 5.74) is 7.76. The summed E-state index contributed by atoms with van der Waals surface area (Å²) in [7, 11) is -3.85. The summed E-state index contributed by atoms with van der Waals surface area (Å²) in [6.45, 7) is 4.49. The zero-order valence-corrected chi connectivity index (χ0v) is 21.6. The fourth-order valence-corrected chi connectivity index (χ4v) is 7.00. The van der Waals surface area contributed by atoms with Crippen molar-refractivity contribution >= 4 is 32.9 Å². The van der Waals surface area contributed by atoms with Crippen molar-refractivity contribution in [1.29, 1.82) is 0 Å². The van der Waals surface area contributed by atoms with E-state index in [2.05, 4.69) is 11.8 Å². The van der Waals surface area contributed by atoms with Crippen LogP contribution in [-0.4, -0.2) is 57.4 Å². The number of hydrogen-bond donors (Lipinski definition) is 1. The minimum Gasteiger partial charge on any atom is -0.399 e. The lowest BCUT2D eigenvalue weighted by Gasteiger charge is -2.38. The maximum Gasteiger partial charge on any atom is 0.189 e. The van der Waals surface area contributed by atoms with Crippen LogP contribution in [0.1, 0.15) is 25.5 Å². The molecule has 2 fully saturated rings. The SMILES string of the molecule is C[C@H]1COCCN1c1cc(C2(S(=O)(=O)c3ccc(Cl)cc3)CCOCC2)nc(-c2ccc(N)cc2)n1. The van der Waals surface area contributed by atoms with Gasteiger partial charge in [-0.3, -0.25) is 0 Å². The van der Waals surface area contributed by atoms with Crippen molar-refractivity contribution in [3.8, 4) is 11.4 Å². The maximum absolute atomic E-state index is 14.3. The number of benzene rings is 2. The van der Waals surface area contributed by atoms with E-state index in [9.17, 15) is 8.42 Å². The Morgan fingerprint density at radius 1 is 1.00 bits per heavy atom. The molecule has 0 amide bonds. The number of nitrogens with zero attached hydrogens (tertiary/aromatic N) is 3. The summed E-state index contributed by atoms with van der Waals surface area (Å²) in [6, 6.07) is 15.5. The van der Waals surface area contributed by atoms with E-state index in [0.717, 1.165) is 5.56 Å². The molecular weight excluding hydrogens is 500 g/mol. The molecule has 2 N–H and O–H groups in total. The van der Waals surface area contributed by atoms with Gasteiger partial charge in [0.15, 0.2) is 15.7 Å². The average Bonchev–Trinajstić information content (AvgIpc) is 2.89. The van der Waals surface area contributed by atoms with Crippen LogP contribution in [0.2, 0.25) is 5.02 Å². The average molecular weight is 529 g/mol. The van der Waals surface area contributed by atoms with Gasteiger partial charge in [-0.05, 0) is 68.3 Å². The van der Waals surface area contributed by atoms with Crippen LogP contribution < -0.4 is 10.6 Å². The van der Waals surface area contributed by atoms with Gasteiger partial charge in [-0.25, -0.2) is 18.4 Å². The van der Waals surface area contributed by atoms with E-state index in [0.29, 0.717) is 61.0 Å². The molecule has 0 saturated carbocycles. The first kappa shape index (κ1) is 25.0. The number of rotatable bonds is 5. The van der Waals surface area contributed by atoms with Crippen molar-refractivity contribution in [3.05, 3.63) is 65.3 Å². The van der Waals surface area contributed by atoms with E-state index in [4.69, 9.17) is 36.8 Å². The van der Waals surface area contributed by atoms with Gasteiger partial charge in [0.2, 0.25) is 0 Å². The van der Waals surface area contributed by atoms with Crippen molar-refractivity contribution in [2.75, 3.05) is 43.6 Å². The third-order valence-electron chi connectivity index (χ3n) is 6.95. The lowest BCUT2D eigenvalue weighted by atomic mass is 9.94. The van der Waals surface area contributed by atoms with Crippen molar-refractivity contribution in [2.24, 2.45) is 0 Å². The molecule has 8 nitrogen and oxygen atoms in total. The number of anilines is 2. The molecule has 0 radical (unpaired) electrons. The number of morpholine rings is 1. The number of halogens is 1. The summed E-state index contributed by atoms with van der Waals surface area (Å²) >= 11 is 6.06. The van der Waals surface area contributed by atoms with E-state index in [1.54, 1.807) is 36.4 Å². The highest BCUT2D eigenvalue weighted by Crippen LogP contribution is 2.44. The molecule has 0 spiro atoms. The molecule has 2 aromatic carbocycles. The van der Waals surface area contributed by atoms with E-state index in [1.807, 2.05) is 18.2 Å². The fourth-order valence-electron chi connectivity index (χ4n) is 4.85. The molecule has 1 aromatic heterocycles. The Morgan fingerprint density at radius 2 is 1.69 bits per heavy atom. The molecule has 190 valence electrons. The molecule has 5 rings (SSSR count). The molecule has 0 bridgehead atoms. The van der Waals surface area contributed by atoms with Crippen LogP contribution in [0.4, 0.5) is 11.5 Å². The Labute approximate surface area is 216 Å². The molecule has 3 heterocycles. The highest BCUT2D eigenvalue weighted by atomic mass is 35.5. The quantitative estimate of drug-likeness (QED) is 0.493. The van der Waals surface area contributed by atoms with E-state index < -0.39 is 14.6 Å². The smallest absolute Gasteiger partial charge is 0.189 e. The zero-order chi connectivity index (χ0) is 25.3. The van der Waals surface area contributed by atoms with Crippen LogP contribution in [0.15, 0.2) is 59.5 Å². The number of nitrogens with two attached hydrogens (primary N) is 1. The van der Waals surface area contributed by atoms with Crippen LogP contribution in [0.3, 0.4) is 0 Å². The molecule has 1 atom stereocenters. The topological polar surface area (TPSA) is 108 Å². The summed E-state index contributed by atoms with van der Waals surface area (Å²) in [5.74, 6) is 1.14. The van der Waals surface area contributed by atoms with E-state index >= 15 is 0 Å². The number of aromatic nitrogens is 2. The standard InChI is InChI=1S/C26H29ClN4O4S/c1-18-17-35-15-12-31(18)24-16-23(29-25(30-24)19-2-6-21(28)7-3-19)26(10-13-34-14-11-26)36(32,33)22-8-4-20(27)5-9-22/h2-9,16,18H,10-15,17,28H2,1H3/t18-/m0/s1. The molecule has 2 aliphatic heterocycles. The van der Waals surface area contributed by atoms with Gasteiger partial charge in [-0.2, -0.15) is 0 Å². The monoisotopic (exact) mass is 528 g/mol. The summed E-state index contributed by atoms with van der Waals surface area (Å²) < 4.78 is 38.5. The van der Waals surface area contributed by atoms with Gasteiger partial charge in [0.1, 0.15) is 10.6 Å². The number of hydrogen-bond acceptors (Lipinski definition) is 8. The zero-order valence-electron chi connectivity index (χ0n) is 20.1. The third-order valence-corrected chi connectivity index (χ3v) is 9.74. The van der Waals surface area contributed by atoms with Gasteiger partial charge in [0.25, 0.3) is 0 Å². The normalized spacial score (nSPS) is 20.3. The van der Waals surface area contributed by atoms with E-state index in [-0.39, 0.29) is 23.8 Å². The first-order valence-electron chi connectivity index (χ1n) is 12.0. The lowest BCUT2D eigenvalue weighted by molar-refractivity contribution is 0.0729. The molecule has 2 saturated heterocycles. The number of ether oxygens (including phenoxy) is 2. The maximum atomic E-state index is 14.3. The minimum absolute atomic E-state index is 0.0827. The molecule has 10 heteroatoms. The number of sulfone groups is 1. The van der Waals surface area contributed by atoms with Crippen LogP contribution in [0.25, 0.3) is 11.4 Å². The summed E-state index contributed by atoms with van der Waals surface area (Å²) in [6.07, 6.45) is 0.572.